The van der Waals surface area contributed by atoms with Crippen molar-refractivity contribution in [3.8, 4) is 17.1 Å². The molecule has 0 radical (unpaired) electrons. The number of pyridine rings is 1. The summed E-state index contributed by atoms with van der Waals surface area (Å²) in [7, 11) is -8.80. The maximum atomic E-state index is 12.7. The lowest BCUT2D eigenvalue weighted by molar-refractivity contribution is 0.0955. The second-order valence-corrected chi connectivity index (χ2v) is 11.6. The molecule has 0 unspecified atom stereocenters. The number of nitrogens with zero attached hydrogens (tertiary/aromatic N) is 6. The summed E-state index contributed by atoms with van der Waals surface area (Å²) >= 11 is 0. The van der Waals surface area contributed by atoms with Gasteiger partial charge in [-0.1, -0.05) is 5.21 Å². The molecule has 0 spiro atoms. The Morgan fingerprint density at radius 2 is 1.59 bits per heavy atom. The monoisotopic (exact) mass is 598 g/mol. The zero-order valence-electron chi connectivity index (χ0n) is 21.3. The van der Waals surface area contributed by atoms with E-state index in [1.807, 2.05) is 0 Å². The van der Waals surface area contributed by atoms with Crippen LogP contribution in [0.25, 0.3) is 17.1 Å². The number of amides is 1. The fourth-order valence-electron chi connectivity index (χ4n) is 3.53. The van der Waals surface area contributed by atoms with E-state index in [0.29, 0.717) is 17.9 Å². The smallest absolute Gasteiger partial charge is 0.352 e. The number of hydrogen-bond acceptors (Lipinski definition) is 9. The van der Waals surface area contributed by atoms with Gasteiger partial charge >= 0.3 is 15.2 Å². The first kappa shape index (κ1) is 29.6. The molecule has 0 atom stereocenters. The molecule has 7 N–H and O–H groups in total. The minimum Gasteiger partial charge on any atom is -0.352 e. The minimum absolute atomic E-state index is 0.0943. The predicted octanol–water partition coefficient (Wildman–Crippen LogP) is 0.750. The van der Waals surface area contributed by atoms with E-state index < -0.39 is 15.2 Å². The summed E-state index contributed by atoms with van der Waals surface area (Å²) in [5.74, 6) is 5.22. The highest BCUT2D eigenvalue weighted by molar-refractivity contribution is 7.60. The third kappa shape index (κ3) is 7.24. The number of aromatic nitrogens is 4. The molecule has 4 aromatic rings. The first-order chi connectivity index (χ1) is 19.4. The van der Waals surface area contributed by atoms with Crippen molar-refractivity contribution < 1.29 is 33.5 Å². The van der Waals surface area contributed by atoms with Crippen molar-refractivity contribution in [1.82, 2.24) is 25.3 Å². The van der Waals surface area contributed by atoms with Crippen LogP contribution in [0.4, 0.5) is 5.69 Å². The van der Waals surface area contributed by atoms with E-state index in [4.69, 9.17) is 5.84 Å². The Balaban J connectivity index is 1.69. The fraction of sp³-hybridized carbons (Fsp3) is 0.0833. The van der Waals surface area contributed by atoms with Crippen molar-refractivity contribution in [2.24, 2.45) is 15.9 Å². The highest BCUT2D eigenvalue weighted by Gasteiger charge is 2.19. The van der Waals surface area contributed by atoms with Crippen LogP contribution in [-0.4, -0.2) is 63.9 Å². The molecule has 15 nitrogen and oxygen atoms in total. The number of benzene rings is 2. The molecule has 0 saturated heterocycles. The number of carbonyl (C=O) groups is 1. The summed E-state index contributed by atoms with van der Waals surface area (Å²) < 4.78 is 24.2. The van der Waals surface area contributed by atoms with Gasteiger partial charge in [-0.15, -0.1) is 5.10 Å². The second kappa shape index (κ2) is 12.0. The molecule has 41 heavy (non-hydrogen) atoms. The molecule has 2 heterocycles. The molecule has 1 amide bonds. The van der Waals surface area contributed by atoms with Crippen LogP contribution in [-0.2, 0) is 9.13 Å². The van der Waals surface area contributed by atoms with Crippen molar-refractivity contribution in [2.45, 2.75) is 6.92 Å². The van der Waals surface area contributed by atoms with Crippen LogP contribution in [0.1, 0.15) is 23.0 Å². The topological polar surface area (TPSA) is 238 Å². The van der Waals surface area contributed by atoms with Gasteiger partial charge in [-0.2, -0.15) is 5.10 Å². The van der Waals surface area contributed by atoms with Gasteiger partial charge in [0.15, 0.2) is 0 Å². The quantitative estimate of drug-likeness (QED) is 0.0680. The molecule has 17 heteroatoms. The molecule has 0 aliphatic rings. The van der Waals surface area contributed by atoms with Gasteiger partial charge in [0, 0.05) is 12.1 Å². The first-order valence-electron chi connectivity index (χ1n) is 11.8. The molecule has 0 saturated carbocycles. The van der Waals surface area contributed by atoms with Crippen LogP contribution in [0.5, 0.6) is 0 Å². The zero-order valence-corrected chi connectivity index (χ0v) is 23.1. The number of nitrogens with two attached hydrogens (primary N) is 1. The molecule has 4 rings (SSSR count). The highest BCUT2D eigenvalue weighted by Crippen LogP contribution is 2.34. The third-order valence-electron chi connectivity index (χ3n) is 5.55. The lowest BCUT2D eigenvalue weighted by Crippen LogP contribution is -2.23. The van der Waals surface area contributed by atoms with Crippen molar-refractivity contribution in [2.75, 3.05) is 6.54 Å². The average molecular weight is 598 g/mol. The van der Waals surface area contributed by atoms with E-state index in [1.165, 1.54) is 77.8 Å². The fourth-order valence-corrected chi connectivity index (χ4v) is 4.60. The molecule has 2 aromatic heterocycles. The summed E-state index contributed by atoms with van der Waals surface area (Å²) in [5, 5.41) is 14.3. The van der Waals surface area contributed by atoms with Gasteiger partial charge in [0.1, 0.15) is 11.4 Å². The Hall–Kier alpha value is -4.36. The Labute approximate surface area is 232 Å². The Morgan fingerprint density at radius 1 is 0.976 bits per heavy atom. The Bertz CT molecular complexity index is 1730. The van der Waals surface area contributed by atoms with Crippen LogP contribution < -0.4 is 21.8 Å². The molecule has 0 aliphatic heterocycles. The lowest BCUT2D eigenvalue weighted by atomic mass is 10.1. The van der Waals surface area contributed by atoms with Gasteiger partial charge in [0.25, 0.3) is 5.91 Å². The van der Waals surface area contributed by atoms with Gasteiger partial charge in [-0.3, -0.25) is 18.9 Å². The van der Waals surface area contributed by atoms with Crippen LogP contribution in [0.15, 0.2) is 77.0 Å². The molecule has 212 valence electrons. The van der Waals surface area contributed by atoms with E-state index in [2.05, 4.69) is 30.7 Å². The van der Waals surface area contributed by atoms with E-state index in [0.717, 1.165) is 0 Å². The second-order valence-electron chi connectivity index (χ2n) is 8.43. The number of nitrogens with one attached hydrogen (secondary N) is 1. The number of aliphatic imine (C=N–C) groups is 1. The molecule has 0 fully saturated rings. The summed E-state index contributed by atoms with van der Waals surface area (Å²) in [6, 6.07) is 13.8. The SMILES string of the molecule is CCNC(=O)c1cc(/C(C=Nc2ccc(P(=O)(O)O)cc2)=N/N)nc(-c2cn(-c3ccc(P(=O)(O)O)cc3)nn2)c1. The van der Waals surface area contributed by atoms with Crippen molar-refractivity contribution in [3.63, 3.8) is 0 Å². The normalized spacial score (nSPS) is 12.6. The van der Waals surface area contributed by atoms with Crippen LogP contribution >= 0.6 is 15.2 Å². The largest absolute Gasteiger partial charge is 0.356 e. The highest BCUT2D eigenvalue weighted by atomic mass is 31.2. The van der Waals surface area contributed by atoms with Crippen LogP contribution in [0.3, 0.4) is 0 Å². The zero-order chi connectivity index (χ0) is 29.8. The summed E-state index contributed by atoms with van der Waals surface area (Å²) in [5.41, 5.74) is 1.87. The van der Waals surface area contributed by atoms with E-state index in [1.54, 1.807) is 6.92 Å². The first-order valence-corrected chi connectivity index (χ1v) is 15.0. The van der Waals surface area contributed by atoms with Crippen molar-refractivity contribution in [1.29, 1.82) is 0 Å². The molecule has 2 aromatic carbocycles. The van der Waals surface area contributed by atoms with E-state index in [9.17, 15) is 33.5 Å². The summed E-state index contributed by atoms with van der Waals surface area (Å²) in [6.45, 7) is 2.14. The van der Waals surface area contributed by atoms with Gasteiger partial charge < -0.3 is 30.7 Å². The average Bonchev–Trinajstić information content (AvgIpc) is 3.43. The van der Waals surface area contributed by atoms with E-state index in [-0.39, 0.29) is 44.9 Å². The molecule has 0 bridgehead atoms. The van der Waals surface area contributed by atoms with E-state index >= 15 is 0 Å². The van der Waals surface area contributed by atoms with Crippen molar-refractivity contribution in [3.05, 3.63) is 78.1 Å². The van der Waals surface area contributed by atoms with Gasteiger partial charge in [0.05, 0.1) is 45.8 Å². The Morgan fingerprint density at radius 3 is 2.15 bits per heavy atom. The minimum atomic E-state index is -4.40. The standard InChI is InChI=1S/C24H24N8O7P2/c1-2-26-24(33)15-11-20(22(29-25)13-27-16-3-7-18(8-4-16)40(34,35)36)28-21(12-15)23-14-32(31-30-23)17-5-9-19(10-6-17)41(37,38)39/h3-14H,2,25H2,1H3,(H,26,33)(H2,34,35,36)(H2,37,38,39)/b27-13?,29-22+. The van der Waals surface area contributed by atoms with Gasteiger partial charge in [-0.05, 0) is 67.6 Å². The van der Waals surface area contributed by atoms with Gasteiger partial charge in [0.2, 0.25) is 0 Å². The summed E-state index contributed by atoms with van der Waals surface area (Å²) in [4.78, 5) is 58.7. The van der Waals surface area contributed by atoms with Crippen LogP contribution in [0.2, 0.25) is 0 Å². The number of carbonyl (C=O) groups excluding carboxylic acids is 1. The maximum Gasteiger partial charge on any atom is 0.356 e. The Kier molecular flexibility index (Phi) is 8.69. The maximum absolute atomic E-state index is 12.7. The lowest BCUT2D eigenvalue weighted by Gasteiger charge is -2.08. The molecular formula is C24H24N8O7P2. The summed E-state index contributed by atoms with van der Waals surface area (Å²) in [6.07, 6.45) is 2.82. The number of hydrazone groups is 1. The molecular weight excluding hydrogens is 574 g/mol. The number of rotatable bonds is 9. The molecule has 0 aliphatic carbocycles. The predicted molar refractivity (Wildman–Crippen MR) is 151 cm³/mol. The third-order valence-corrected chi connectivity index (χ3v) is 7.50. The van der Waals surface area contributed by atoms with Crippen LogP contribution in [0, 0.1) is 0 Å². The number of hydrogen-bond donors (Lipinski definition) is 6. The van der Waals surface area contributed by atoms with Crippen molar-refractivity contribution >= 4 is 49.3 Å². The van der Waals surface area contributed by atoms with Gasteiger partial charge in [-0.25, -0.2) is 9.67 Å².